The van der Waals surface area contributed by atoms with Gasteiger partial charge < -0.3 is 10.4 Å². The smallest absolute Gasteiger partial charge is 0.320 e. The molecule has 0 bridgehead atoms. The second-order valence-electron chi connectivity index (χ2n) is 6.69. The van der Waals surface area contributed by atoms with E-state index in [0.29, 0.717) is 5.56 Å². The molecular weight excluding hydrogens is 344 g/mol. The van der Waals surface area contributed by atoms with Crippen LogP contribution in [0.4, 0.5) is 0 Å². The van der Waals surface area contributed by atoms with Crippen molar-refractivity contribution in [2.75, 3.05) is 0 Å². The predicted octanol–water partition coefficient (Wildman–Crippen LogP) is 2.60. The van der Waals surface area contributed by atoms with Crippen LogP contribution in [0, 0.1) is 0 Å². The minimum atomic E-state index is -0.975. The number of rotatable bonds is 8. The first-order valence-electron chi connectivity index (χ1n) is 9.01. The summed E-state index contributed by atoms with van der Waals surface area (Å²) in [7, 11) is 0. The zero-order chi connectivity index (χ0) is 19.2. The van der Waals surface area contributed by atoms with Crippen molar-refractivity contribution in [3.8, 4) is 11.1 Å². The Morgan fingerprint density at radius 2 is 1.59 bits per heavy atom. The lowest BCUT2D eigenvalue weighted by molar-refractivity contribution is -0.139. The number of nitrogens with one attached hydrogen (secondary N) is 2. The zero-order valence-corrected chi connectivity index (χ0v) is 14.9. The van der Waals surface area contributed by atoms with Crippen molar-refractivity contribution >= 4 is 17.8 Å². The van der Waals surface area contributed by atoms with E-state index in [1.54, 1.807) is 12.1 Å². The lowest BCUT2D eigenvalue weighted by Crippen LogP contribution is -2.39. The van der Waals surface area contributed by atoms with E-state index < -0.39 is 23.8 Å². The fourth-order valence-corrected chi connectivity index (χ4v) is 2.79. The Balaban J connectivity index is 1.51. The van der Waals surface area contributed by atoms with Crippen molar-refractivity contribution in [1.29, 1.82) is 0 Å². The molecule has 0 spiro atoms. The lowest BCUT2D eigenvalue weighted by atomic mass is 10.0. The summed E-state index contributed by atoms with van der Waals surface area (Å²) in [5.41, 5.74) is 2.41. The third-order valence-electron chi connectivity index (χ3n) is 4.48. The minimum Gasteiger partial charge on any atom is -0.480 e. The topological polar surface area (TPSA) is 95.5 Å². The molecule has 6 nitrogen and oxygen atoms in total. The summed E-state index contributed by atoms with van der Waals surface area (Å²) < 4.78 is 0. The Labute approximate surface area is 157 Å². The van der Waals surface area contributed by atoms with E-state index in [2.05, 4.69) is 10.6 Å². The summed E-state index contributed by atoms with van der Waals surface area (Å²) in [6, 6.07) is 16.2. The standard InChI is InChI=1S/C21H22N2O4/c24-19(13-12-18(21(26)27)22-17-10-11-17)23-20(25)16-8-6-15(7-9-16)14-4-2-1-3-5-14/h1-9,17-18,22H,10-13H2,(H,26,27)(H,23,24,25)/t18-/m0/s1. The number of aliphatic carboxylic acids is 1. The highest BCUT2D eigenvalue weighted by Crippen LogP contribution is 2.21. The van der Waals surface area contributed by atoms with Crippen LogP contribution in [0.5, 0.6) is 0 Å². The van der Waals surface area contributed by atoms with E-state index in [1.165, 1.54) is 0 Å². The van der Waals surface area contributed by atoms with Gasteiger partial charge in [-0.25, -0.2) is 0 Å². The summed E-state index contributed by atoms with van der Waals surface area (Å²) in [5, 5.41) is 14.5. The summed E-state index contributed by atoms with van der Waals surface area (Å²) in [5.74, 6) is -1.94. The Morgan fingerprint density at radius 3 is 2.19 bits per heavy atom. The Bertz CT molecular complexity index is 814. The number of carboxylic acids is 1. The highest BCUT2D eigenvalue weighted by molar-refractivity contribution is 6.04. The van der Waals surface area contributed by atoms with Crippen LogP contribution in [-0.4, -0.2) is 35.0 Å². The molecule has 0 saturated heterocycles. The molecule has 3 N–H and O–H groups in total. The number of carboxylic acid groups (broad SMARTS) is 1. The van der Waals surface area contributed by atoms with Gasteiger partial charge in [0.2, 0.25) is 5.91 Å². The second-order valence-corrected chi connectivity index (χ2v) is 6.69. The molecule has 1 fully saturated rings. The van der Waals surface area contributed by atoms with Crippen molar-refractivity contribution in [2.45, 2.75) is 37.8 Å². The third-order valence-corrected chi connectivity index (χ3v) is 4.48. The van der Waals surface area contributed by atoms with Gasteiger partial charge in [-0.2, -0.15) is 0 Å². The van der Waals surface area contributed by atoms with Gasteiger partial charge in [-0.05, 0) is 42.5 Å². The Hall–Kier alpha value is -2.99. The van der Waals surface area contributed by atoms with Crippen LogP contribution in [0.1, 0.15) is 36.0 Å². The van der Waals surface area contributed by atoms with Crippen molar-refractivity contribution in [2.24, 2.45) is 0 Å². The first kappa shape index (κ1) is 18.8. The van der Waals surface area contributed by atoms with Gasteiger partial charge in [-0.1, -0.05) is 42.5 Å². The number of benzene rings is 2. The highest BCUT2D eigenvalue weighted by Gasteiger charge is 2.28. The molecule has 0 radical (unpaired) electrons. The average Bonchev–Trinajstić information content (AvgIpc) is 3.50. The Kier molecular flexibility index (Phi) is 5.98. The maximum Gasteiger partial charge on any atom is 0.320 e. The van der Waals surface area contributed by atoms with Gasteiger partial charge in [-0.15, -0.1) is 0 Å². The van der Waals surface area contributed by atoms with Gasteiger partial charge >= 0.3 is 5.97 Å². The summed E-state index contributed by atoms with van der Waals surface area (Å²) in [4.78, 5) is 35.4. The van der Waals surface area contributed by atoms with Gasteiger partial charge in [-0.3, -0.25) is 19.7 Å². The molecule has 0 aliphatic heterocycles. The van der Waals surface area contributed by atoms with Gasteiger partial charge in [0, 0.05) is 18.0 Å². The monoisotopic (exact) mass is 366 g/mol. The lowest BCUT2D eigenvalue weighted by Gasteiger charge is -2.13. The summed E-state index contributed by atoms with van der Waals surface area (Å²) >= 11 is 0. The first-order chi connectivity index (χ1) is 13.0. The SMILES string of the molecule is O=C(CC[C@H](NC1CC1)C(=O)O)NC(=O)c1ccc(-c2ccccc2)cc1. The molecule has 140 valence electrons. The van der Waals surface area contributed by atoms with E-state index in [-0.39, 0.29) is 18.9 Å². The number of carbonyl (C=O) groups excluding carboxylic acids is 2. The molecule has 27 heavy (non-hydrogen) atoms. The molecule has 2 aromatic rings. The van der Waals surface area contributed by atoms with E-state index in [1.807, 2.05) is 42.5 Å². The molecule has 1 atom stereocenters. The van der Waals surface area contributed by atoms with Gasteiger partial charge in [0.25, 0.3) is 5.91 Å². The molecule has 0 aromatic heterocycles. The average molecular weight is 366 g/mol. The van der Waals surface area contributed by atoms with E-state index in [9.17, 15) is 19.5 Å². The van der Waals surface area contributed by atoms with Gasteiger partial charge in [0.1, 0.15) is 6.04 Å². The normalized spacial score (nSPS) is 14.4. The van der Waals surface area contributed by atoms with Crippen LogP contribution in [0.15, 0.2) is 54.6 Å². The number of carbonyl (C=O) groups is 3. The minimum absolute atomic E-state index is 0.0233. The molecule has 2 amide bonds. The molecule has 0 heterocycles. The van der Waals surface area contributed by atoms with Gasteiger partial charge in [0.15, 0.2) is 0 Å². The molecule has 1 aliphatic rings. The molecule has 0 unspecified atom stereocenters. The van der Waals surface area contributed by atoms with Crippen molar-refractivity contribution in [3.63, 3.8) is 0 Å². The third kappa shape index (κ3) is 5.49. The number of hydrogen-bond donors (Lipinski definition) is 3. The maximum absolute atomic E-state index is 12.2. The van der Waals surface area contributed by atoms with Crippen LogP contribution < -0.4 is 10.6 Å². The molecule has 3 rings (SSSR count). The van der Waals surface area contributed by atoms with Crippen LogP contribution in [0.25, 0.3) is 11.1 Å². The summed E-state index contributed by atoms with van der Waals surface area (Å²) in [6.45, 7) is 0. The van der Waals surface area contributed by atoms with E-state index in [0.717, 1.165) is 24.0 Å². The number of hydrogen-bond acceptors (Lipinski definition) is 4. The van der Waals surface area contributed by atoms with Crippen LogP contribution >= 0.6 is 0 Å². The number of imide groups is 1. The van der Waals surface area contributed by atoms with Crippen molar-refractivity contribution < 1.29 is 19.5 Å². The quantitative estimate of drug-likeness (QED) is 0.667. The summed E-state index contributed by atoms with van der Waals surface area (Å²) in [6.07, 6.45) is 2.06. The maximum atomic E-state index is 12.2. The van der Waals surface area contributed by atoms with Crippen LogP contribution in [-0.2, 0) is 9.59 Å². The van der Waals surface area contributed by atoms with Crippen LogP contribution in [0.3, 0.4) is 0 Å². The van der Waals surface area contributed by atoms with Gasteiger partial charge in [0.05, 0.1) is 0 Å². The first-order valence-corrected chi connectivity index (χ1v) is 9.01. The van der Waals surface area contributed by atoms with E-state index >= 15 is 0 Å². The number of amides is 2. The molecule has 1 aliphatic carbocycles. The zero-order valence-electron chi connectivity index (χ0n) is 14.9. The molecule has 1 saturated carbocycles. The second kappa shape index (κ2) is 8.60. The Morgan fingerprint density at radius 1 is 0.963 bits per heavy atom. The van der Waals surface area contributed by atoms with Crippen molar-refractivity contribution in [3.05, 3.63) is 60.2 Å². The molecular formula is C21H22N2O4. The van der Waals surface area contributed by atoms with Crippen molar-refractivity contribution in [1.82, 2.24) is 10.6 Å². The fraction of sp³-hybridized carbons (Fsp3) is 0.286. The predicted molar refractivity (Wildman–Crippen MR) is 101 cm³/mol. The molecule has 6 heteroatoms. The fourth-order valence-electron chi connectivity index (χ4n) is 2.79. The largest absolute Gasteiger partial charge is 0.480 e. The molecule has 2 aromatic carbocycles. The van der Waals surface area contributed by atoms with Crippen LogP contribution in [0.2, 0.25) is 0 Å². The van der Waals surface area contributed by atoms with E-state index in [4.69, 9.17) is 0 Å². The highest BCUT2D eigenvalue weighted by atomic mass is 16.4.